The summed E-state index contributed by atoms with van der Waals surface area (Å²) in [5.41, 5.74) is 0.660. The van der Waals surface area contributed by atoms with Crippen LogP contribution >= 0.6 is 11.6 Å². The summed E-state index contributed by atoms with van der Waals surface area (Å²) in [7, 11) is 0. The zero-order valence-electron chi connectivity index (χ0n) is 12.3. The molecular weight excluding hydrogens is 294 g/mol. The standard InChI is InChI=1S/C14H20ClN3O3/c1-9-10(2)17-13(15)12(18(20)21)11(9)16-8-14(19)6-4-3-5-7-14/h19H,3-8H2,1-2H3,(H,16,17). The number of hydrogen-bond donors (Lipinski definition) is 2. The zero-order valence-corrected chi connectivity index (χ0v) is 13.0. The average molecular weight is 314 g/mol. The molecule has 0 aliphatic heterocycles. The van der Waals surface area contributed by atoms with Crippen LogP contribution in [-0.4, -0.2) is 27.2 Å². The summed E-state index contributed by atoms with van der Waals surface area (Å²) in [5, 5.41) is 24.6. The number of nitro groups is 1. The van der Waals surface area contributed by atoms with Crippen LogP contribution in [0.25, 0.3) is 0 Å². The van der Waals surface area contributed by atoms with Crippen LogP contribution in [0, 0.1) is 24.0 Å². The Kier molecular flexibility index (Phi) is 4.68. The molecular formula is C14H20ClN3O3. The van der Waals surface area contributed by atoms with E-state index in [1.165, 1.54) is 0 Å². The lowest BCUT2D eigenvalue weighted by molar-refractivity contribution is -0.384. The van der Waals surface area contributed by atoms with Crippen LogP contribution < -0.4 is 5.32 Å². The smallest absolute Gasteiger partial charge is 0.329 e. The summed E-state index contributed by atoms with van der Waals surface area (Å²) in [4.78, 5) is 14.7. The predicted octanol–water partition coefficient (Wildman–Crippen LogP) is 3.37. The molecule has 7 heteroatoms. The van der Waals surface area contributed by atoms with Crippen molar-refractivity contribution in [1.29, 1.82) is 0 Å². The first-order chi connectivity index (χ1) is 9.84. The van der Waals surface area contributed by atoms with E-state index >= 15 is 0 Å². The highest BCUT2D eigenvalue weighted by atomic mass is 35.5. The minimum absolute atomic E-state index is 0.124. The lowest BCUT2D eigenvalue weighted by Gasteiger charge is -2.32. The molecule has 0 radical (unpaired) electrons. The van der Waals surface area contributed by atoms with Gasteiger partial charge in [0.15, 0.2) is 0 Å². The van der Waals surface area contributed by atoms with Crippen LogP contribution in [0.1, 0.15) is 43.4 Å². The Morgan fingerprint density at radius 3 is 2.57 bits per heavy atom. The molecule has 1 fully saturated rings. The van der Waals surface area contributed by atoms with Gasteiger partial charge in [0.2, 0.25) is 5.15 Å². The molecule has 1 saturated carbocycles. The third kappa shape index (κ3) is 3.44. The lowest BCUT2D eigenvalue weighted by Crippen LogP contribution is -2.39. The first-order valence-electron chi connectivity index (χ1n) is 7.11. The molecule has 0 bridgehead atoms. The number of nitrogens with zero attached hydrogens (tertiary/aromatic N) is 2. The van der Waals surface area contributed by atoms with E-state index in [1.807, 2.05) is 0 Å². The van der Waals surface area contributed by atoms with Gasteiger partial charge in [0.25, 0.3) is 0 Å². The summed E-state index contributed by atoms with van der Waals surface area (Å²) in [6.45, 7) is 3.80. The fourth-order valence-corrected chi connectivity index (χ4v) is 3.06. The van der Waals surface area contributed by atoms with Crippen molar-refractivity contribution in [2.75, 3.05) is 11.9 Å². The summed E-state index contributed by atoms with van der Waals surface area (Å²) >= 11 is 5.90. The molecule has 116 valence electrons. The van der Waals surface area contributed by atoms with E-state index in [1.54, 1.807) is 13.8 Å². The topological polar surface area (TPSA) is 88.3 Å². The summed E-state index contributed by atoms with van der Waals surface area (Å²) in [5.74, 6) is 0. The molecule has 21 heavy (non-hydrogen) atoms. The second kappa shape index (κ2) is 6.15. The zero-order chi connectivity index (χ0) is 15.6. The molecule has 1 aliphatic carbocycles. The predicted molar refractivity (Wildman–Crippen MR) is 81.9 cm³/mol. The second-order valence-electron chi connectivity index (χ2n) is 5.73. The summed E-state index contributed by atoms with van der Waals surface area (Å²) in [6.07, 6.45) is 4.52. The number of hydrogen-bond acceptors (Lipinski definition) is 5. The largest absolute Gasteiger partial charge is 0.388 e. The Morgan fingerprint density at radius 1 is 1.38 bits per heavy atom. The maximum Gasteiger partial charge on any atom is 0.329 e. The minimum atomic E-state index is -0.803. The van der Waals surface area contributed by atoms with Crippen LogP contribution in [0.15, 0.2) is 0 Å². The molecule has 0 atom stereocenters. The normalized spacial score (nSPS) is 17.5. The van der Waals surface area contributed by atoms with Gasteiger partial charge in [-0.25, -0.2) is 4.98 Å². The number of pyridine rings is 1. The number of nitrogens with one attached hydrogen (secondary N) is 1. The summed E-state index contributed by atoms with van der Waals surface area (Å²) in [6, 6.07) is 0. The van der Waals surface area contributed by atoms with Gasteiger partial charge in [-0.15, -0.1) is 0 Å². The first kappa shape index (κ1) is 16.0. The van der Waals surface area contributed by atoms with Crippen LogP contribution in [0.3, 0.4) is 0 Å². The SMILES string of the molecule is Cc1nc(Cl)c([N+](=O)[O-])c(NCC2(O)CCCCC2)c1C. The van der Waals surface area contributed by atoms with Crippen LogP contribution in [0.4, 0.5) is 11.4 Å². The number of anilines is 1. The third-order valence-electron chi connectivity index (χ3n) is 4.18. The Hall–Kier alpha value is -1.40. The minimum Gasteiger partial charge on any atom is -0.388 e. The van der Waals surface area contributed by atoms with Gasteiger partial charge in [0.1, 0.15) is 5.69 Å². The van der Waals surface area contributed by atoms with Crippen molar-refractivity contribution < 1.29 is 10.0 Å². The Bertz CT molecular complexity index is 557. The van der Waals surface area contributed by atoms with Crippen molar-refractivity contribution >= 4 is 23.0 Å². The fraction of sp³-hybridized carbons (Fsp3) is 0.643. The van der Waals surface area contributed by atoms with Gasteiger partial charge in [-0.1, -0.05) is 30.9 Å². The maximum atomic E-state index is 11.2. The molecule has 1 heterocycles. The van der Waals surface area contributed by atoms with E-state index in [4.69, 9.17) is 11.6 Å². The number of aliphatic hydroxyl groups is 1. The number of aromatic nitrogens is 1. The van der Waals surface area contributed by atoms with Crippen molar-refractivity contribution in [2.45, 2.75) is 51.6 Å². The highest BCUT2D eigenvalue weighted by Crippen LogP contribution is 2.36. The number of rotatable bonds is 4. The molecule has 0 saturated heterocycles. The molecule has 2 N–H and O–H groups in total. The van der Waals surface area contributed by atoms with E-state index in [0.717, 1.165) is 19.3 Å². The third-order valence-corrected chi connectivity index (χ3v) is 4.44. The molecule has 6 nitrogen and oxygen atoms in total. The van der Waals surface area contributed by atoms with Crippen molar-refractivity contribution in [1.82, 2.24) is 4.98 Å². The molecule has 0 aromatic carbocycles. The van der Waals surface area contributed by atoms with Gasteiger partial charge < -0.3 is 10.4 Å². The lowest BCUT2D eigenvalue weighted by atomic mass is 9.85. The van der Waals surface area contributed by atoms with Gasteiger partial charge in [0.05, 0.1) is 10.5 Å². The number of aryl methyl sites for hydroxylation is 1. The van der Waals surface area contributed by atoms with Gasteiger partial charge >= 0.3 is 5.69 Å². The van der Waals surface area contributed by atoms with Crippen molar-refractivity contribution in [3.8, 4) is 0 Å². The molecule has 1 aromatic rings. The molecule has 0 unspecified atom stereocenters. The van der Waals surface area contributed by atoms with Crippen molar-refractivity contribution in [3.63, 3.8) is 0 Å². The maximum absolute atomic E-state index is 11.2. The fourth-order valence-electron chi connectivity index (χ4n) is 2.77. The van der Waals surface area contributed by atoms with E-state index < -0.39 is 10.5 Å². The molecule has 0 amide bonds. The Labute approximate surface area is 128 Å². The van der Waals surface area contributed by atoms with E-state index in [-0.39, 0.29) is 17.4 Å². The Morgan fingerprint density at radius 2 is 2.00 bits per heavy atom. The monoisotopic (exact) mass is 313 g/mol. The highest BCUT2D eigenvalue weighted by molar-refractivity contribution is 6.32. The van der Waals surface area contributed by atoms with Crippen LogP contribution in [0.5, 0.6) is 0 Å². The van der Waals surface area contributed by atoms with Gasteiger partial charge in [0, 0.05) is 17.8 Å². The van der Waals surface area contributed by atoms with Crippen molar-refractivity contribution in [2.24, 2.45) is 0 Å². The highest BCUT2D eigenvalue weighted by Gasteiger charge is 2.31. The number of halogens is 1. The van der Waals surface area contributed by atoms with E-state index in [2.05, 4.69) is 10.3 Å². The quantitative estimate of drug-likeness (QED) is 0.505. The van der Waals surface area contributed by atoms with Gasteiger partial charge in [-0.3, -0.25) is 10.1 Å². The van der Waals surface area contributed by atoms with E-state index in [9.17, 15) is 15.2 Å². The van der Waals surface area contributed by atoms with Crippen LogP contribution in [0.2, 0.25) is 5.15 Å². The van der Waals surface area contributed by atoms with Crippen molar-refractivity contribution in [3.05, 3.63) is 26.5 Å². The molecule has 0 spiro atoms. The second-order valence-corrected chi connectivity index (χ2v) is 6.09. The molecule has 1 aliphatic rings. The first-order valence-corrected chi connectivity index (χ1v) is 7.49. The van der Waals surface area contributed by atoms with Crippen LogP contribution in [-0.2, 0) is 0 Å². The van der Waals surface area contributed by atoms with Gasteiger partial charge in [-0.2, -0.15) is 0 Å². The average Bonchev–Trinajstić information content (AvgIpc) is 2.41. The summed E-state index contributed by atoms with van der Waals surface area (Å²) < 4.78 is 0. The van der Waals surface area contributed by atoms with E-state index in [0.29, 0.717) is 29.8 Å². The molecule has 2 rings (SSSR count). The molecule has 1 aromatic heterocycles. The van der Waals surface area contributed by atoms with Gasteiger partial charge in [-0.05, 0) is 26.7 Å². The Balaban J connectivity index is 2.28.